The van der Waals surface area contributed by atoms with Crippen molar-refractivity contribution in [3.8, 4) is 0 Å². The molecule has 0 radical (unpaired) electrons. The van der Waals surface area contributed by atoms with Crippen molar-refractivity contribution in [1.29, 1.82) is 0 Å². The molecule has 0 bridgehead atoms. The van der Waals surface area contributed by atoms with Crippen LogP contribution in [-0.2, 0) is 12.0 Å². The Bertz CT molecular complexity index is 443. The fraction of sp³-hybridized carbons (Fsp3) is 0.684. The predicted octanol–water partition coefficient (Wildman–Crippen LogP) is 3.97. The van der Waals surface area contributed by atoms with Crippen molar-refractivity contribution in [3.63, 3.8) is 0 Å². The minimum Gasteiger partial charge on any atom is -0.385 e. The van der Waals surface area contributed by atoms with Gasteiger partial charge in [0.15, 0.2) is 0 Å². The van der Waals surface area contributed by atoms with E-state index in [1.165, 1.54) is 12.0 Å². The molecule has 2 rings (SSSR count). The second kappa shape index (κ2) is 7.42. The summed E-state index contributed by atoms with van der Waals surface area (Å²) < 4.78 is 0. The van der Waals surface area contributed by atoms with E-state index in [-0.39, 0.29) is 0 Å². The monoisotopic (exact) mass is 289 g/mol. The van der Waals surface area contributed by atoms with E-state index in [1.807, 2.05) is 0 Å². The number of hydrogen-bond donors (Lipinski definition) is 1. The minimum absolute atomic E-state index is 0.629. The molecule has 1 fully saturated rings. The van der Waals surface area contributed by atoms with Crippen LogP contribution in [0.4, 0.5) is 0 Å². The lowest BCUT2D eigenvalue weighted by molar-refractivity contribution is 0.0211. The highest BCUT2D eigenvalue weighted by Gasteiger charge is 2.31. The average Bonchev–Trinajstić information content (AvgIpc) is 2.62. The number of benzene rings is 1. The molecule has 1 unspecified atom stereocenters. The Kier molecular flexibility index (Phi) is 5.83. The van der Waals surface area contributed by atoms with Gasteiger partial charge in [0.05, 0.1) is 5.60 Å². The maximum atomic E-state index is 11.1. The molecule has 1 aromatic carbocycles. The van der Waals surface area contributed by atoms with Crippen LogP contribution in [0.15, 0.2) is 24.3 Å². The summed E-state index contributed by atoms with van der Waals surface area (Å²) in [4.78, 5) is 2.50. The molecule has 118 valence electrons. The van der Waals surface area contributed by atoms with Crippen molar-refractivity contribution in [2.24, 2.45) is 5.92 Å². The van der Waals surface area contributed by atoms with E-state index in [9.17, 15) is 5.11 Å². The summed E-state index contributed by atoms with van der Waals surface area (Å²) in [5, 5.41) is 11.1. The van der Waals surface area contributed by atoms with Crippen LogP contribution >= 0.6 is 0 Å². The first-order valence-electron chi connectivity index (χ1n) is 8.57. The molecule has 0 amide bonds. The molecule has 2 nitrogen and oxygen atoms in total. The molecule has 0 aromatic heterocycles. The Labute approximate surface area is 130 Å². The topological polar surface area (TPSA) is 23.5 Å². The van der Waals surface area contributed by atoms with E-state index in [2.05, 4.69) is 49.9 Å². The Morgan fingerprint density at radius 3 is 2.76 bits per heavy atom. The summed E-state index contributed by atoms with van der Waals surface area (Å²) >= 11 is 0. The van der Waals surface area contributed by atoms with Gasteiger partial charge >= 0.3 is 0 Å². The zero-order valence-corrected chi connectivity index (χ0v) is 13.9. The van der Waals surface area contributed by atoms with E-state index in [0.29, 0.717) is 5.92 Å². The Morgan fingerprint density at radius 2 is 2.05 bits per heavy atom. The zero-order valence-electron chi connectivity index (χ0n) is 13.9. The van der Waals surface area contributed by atoms with Crippen LogP contribution in [-0.4, -0.2) is 29.6 Å². The molecule has 21 heavy (non-hydrogen) atoms. The van der Waals surface area contributed by atoms with Gasteiger partial charge in [-0.25, -0.2) is 0 Å². The standard InChI is InChI=1S/C19H31NO/c1-4-11-20-12-6-9-19(21,10-13-20)18-8-5-7-17(15-18)14-16(2)3/h5,7-8,15-16,21H,4,6,9-14H2,1-3H3. The molecular formula is C19H31NO. The van der Waals surface area contributed by atoms with Gasteiger partial charge in [0.25, 0.3) is 0 Å². The third kappa shape index (κ3) is 4.55. The van der Waals surface area contributed by atoms with Gasteiger partial charge in [-0.3, -0.25) is 0 Å². The highest BCUT2D eigenvalue weighted by atomic mass is 16.3. The highest BCUT2D eigenvalue weighted by molar-refractivity contribution is 5.29. The van der Waals surface area contributed by atoms with Crippen molar-refractivity contribution < 1.29 is 5.11 Å². The molecule has 1 aromatic rings. The summed E-state index contributed by atoms with van der Waals surface area (Å²) in [5.74, 6) is 0.657. The maximum Gasteiger partial charge on any atom is 0.0909 e. The van der Waals surface area contributed by atoms with Gasteiger partial charge in [0.1, 0.15) is 0 Å². The van der Waals surface area contributed by atoms with Gasteiger partial charge < -0.3 is 10.0 Å². The molecular weight excluding hydrogens is 258 g/mol. The molecule has 1 saturated heterocycles. The van der Waals surface area contributed by atoms with Crippen molar-refractivity contribution in [1.82, 2.24) is 4.90 Å². The van der Waals surface area contributed by atoms with Crippen LogP contribution in [0, 0.1) is 5.92 Å². The van der Waals surface area contributed by atoms with Crippen LogP contribution < -0.4 is 0 Å². The van der Waals surface area contributed by atoms with Crippen LogP contribution in [0.25, 0.3) is 0 Å². The van der Waals surface area contributed by atoms with Crippen molar-refractivity contribution in [2.75, 3.05) is 19.6 Å². The van der Waals surface area contributed by atoms with Crippen LogP contribution in [0.5, 0.6) is 0 Å². The van der Waals surface area contributed by atoms with Gasteiger partial charge in [0, 0.05) is 6.54 Å². The average molecular weight is 289 g/mol. The first-order chi connectivity index (χ1) is 10.0. The van der Waals surface area contributed by atoms with Crippen LogP contribution in [0.2, 0.25) is 0 Å². The SMILES string of the molecule is CCCN1CCCC(O)(c2cccc(CC(C)C)c2)CC1. The molecule has 0 spiro atoms. The van der Waals surface area contributed by atoms with E-state index in [1.54, 1.807) is 0 Å². The number of rotatable bonds is 5. The Hall–Kier alpha value is -0.860. The Morgan fingerprint density at radius 1 is 1.24 bits per heavy atom. The van der Waals surface area contributed by atoms with Gasteiger partial charge in [-0.05, 0) is 62.2 Å². The molecule has 0 saturated carbocycles. The zero-order chi connectivity index (χ0) is 15.3. The highest BCUT2D eigenvalue weighted by Crippen LogP contribution is 2.33. The third-order valence-corrected chi connectivity index (χ3v) is 4.55. The van der Waals surface area contributed by atoms with E-state index >= 15 is 0 Å². The summed E-state index contributed by atoms with van der Waals surface area (Å²) in [6.07, 6.45) is 5.12. The smallest absolute Gasteiger partial charge is 0.0909 e. The van der Waals surface area contributed by atoms with E-state index in [4.69, 9.17) is 0 Å². The lowest BCUT2D eigenvalue weighted by Gasteiger charge is -2.28. The predicted molar refractivity (Wildman–Crippen MR) is 89.5 cm³/mol. The molecule has 1 aliphatic rings. The normalized spacial score (nSPS) is 24.2. The quantitative estimate of drug-likeness (QED) is 0.886. The van der Waals surface area contributed by atoms with Gasteiger partial charge in [-0.1, -0.05) is 45.0 Å². The van der Waals surface area contributed by atoms with E-state index < -0.39 is 5.60 Å². The van der Waals surface area contributed by atoms with Crippen LogP contribution in [0.1, 0.15) is 57.6 Å². The van der Waals surface area contributed by atoms with Crippen molar-refractivity contribution >= 4 is 0 Å². The second-order valence-corrected chi connectivity index (χ2v) is 7.03. The van der Waals surface area contributed by atoms with E-state index in [0.717, 1.165) is 50.9 Å². The minimum atomic E-state index is -0.629. The summed E-state index contributed by atoms with van der Waals surface area (Å²) in [6.45, 7) is 10.0. The Balaban J connectivity index is 2.12. The van der Waals surface area contributed by atoms with Crippen LogP contribution in [0.3, 0.4) is 0 Å². The summed E-state index contributed by atoms with van der Waals surface area (Å²) in [6, 6.07) is 8.64. The van der Waals surface area contributed by atoms with Gasteiger partial charge in [-0.2, -0.15) is 0 Å². The fourth-order valence-corrected chi connectivity index (χ4v) is 3.46. The lowest BCUT2D eigenvalue weighted by atomic mass is 9.85. The summed E-state index contributed by atoms with van der Waals surface area (Å²) in [5.41, 5.74) is 1.85. The molecule has 1 atom stereocenters. The molecule has 0 aliphatic carbocycles. The maximum absolute atomic E-state index is 11.1. The fourth-order valence-electron chi connectivity index (χ4n) is 3.46. The molecule has 1 N–H and O–H groups in total. The number of aliphatic hydroxyl groups is 1. The third-order valence-electron chi connectivity index (χ3n) is 4.55. The van der Waals surface area contributed by atoms with Crippen molar-refractivity contribution in [3.05, 3.63) is 35.4 Å². The molecule has 1 aliphatic heterocycles. The lowest BCUT2D eigenvalue weighted by Crippen LogP contribution is -2.29. The molecule has 1 heterocycles. The van der Waals surface area contributed by atoms with Gasteiger partial charge in [0.2, 0.25) is 0 Å². The first-order valence-corrected chi connectivity index (χ1v) is 8.57. The number of likely N-dealkylation sites (tertiary alicyclic amines) is 1. The largest absolute Gasteiger partial charge is 0.385 e. The number of hydrogen-bond acceptors (Lipinski definition) is 2. The number of nitrogens with zero attached hydrogens (tertiary/aromatic N) is 1. The first kappa shape index (κ1) is 16.5. The van der Waals surface area contributed by atoms with Gasteiger partial charge in [-0.15, -0.1) is 0 Å². The second-order valence-electron chi connectivity index (χ2n) is 7.03. The van der Waals surface area contributed by atoms with Crippen molar-refractivity contribution in [2.45, 2.75) is 58.5 Å². The summed E-state index contributed by atoms with van der Waals surface area (Å²) in [7, 11) is 0. The molecule has 2 heteroatoms.